The quantitative estimate of drug-likeness (QED) is 0.614. The Balaban J connectivity index is 2.81. The highest BCUT2D eigenvalue weighted by Gasteiger charge is 2.32. The van der Waals surface area contributed by atoms with E-state index in [0.29, 0.717) is 0 Å². The average Bonchev–Trinajstić information content (AvgIpc) is 2.58. The van der Waals surface area contributed by atoms with Gasteiger partial charge < -0.3 is 15.7 Å². The third-order valence-corrected chi connectivity index (χ3v) is 3.78. The lowest BCUT2D eigenvalue weighted by Gasteiger charge is -2.28. The van der Waals surface area contributed by atoms with Crippen LogP contribution >= 0.6 is 0 Å². The second-order valence-corrected chi connectivity index (χ2v) is 6.15. The Bertz CT molecular complexity index is 645. The zero-order valence-electron chi connectivity index (χ0n) is 14.6. The van der Waals surface area contributed by atoms with Crippen LogP contribution in [0.3, 0.4) is 0 Å². The molecule has 2 amide bonds. The minimum absolute atomic E-state index is 0.0297. The Kier molecular flexibility index (Phi) is 7.82. The zero-order chi connectivity index (χ0) is 19.9. The van der Waals surface area contributed by atoms with Crippen molar-refractivity contribution in [2.45, 2.75) is 38.6 Å². The summed E-state index contributed by atoms with van der Waals surface area (Å²) in [6, 6.07) is 3.61. The molecule has 2 atom stereocenters. The first-order valence-corrected chi connectivity index (χ1v) is 8.11. The summed E-state index contributed by atoms with van der Waals surface area (Å²) < 4.78 is 38.5. The van der Waals surface area contributed by atoms with Gasteiger partial charge in [-0.3, -0.25) is 9.59 Å². The highest BCUT2D eigenvalue weighted by molar-refractivity contribution is 5.87. The molecular formula is C18H23F3N2O3. The molecule has 0 heterocycles. The first-order valence-electron chi connectivity index (χ1n) is 8.11. The Labute approximate surface area is 150 Å². The number of aliphatic hydroxyl groups is 1. The Hall–Kier alpha value is -2.35. The molecule has 1 aromatic rings. The van der Waals surface area contributed by atoms with E-state index in [1.807, 2.05) is 0 Å². The normalized spacial score (nSPS) is 13.8. The van der Waals surface area contributed by atoms with E-state index in [9.17, 15) is 27.9 Å². The summed E-state index contributed by atoms with van der Waals surface area (Å²) in [6.45, 7) is 6.84. The lowest BCUT2D eigenvalue weighted by atomic mass is 9.92. The highest BCUT2D eigenvalue weighted by atomic mass is 19.4. The maximum Gasteiger partial charge on any atom is 0.416 e. The molecule has 1 aromatic carbocycles. The van der Waals surface area contributed by atoms with Gasteiger partial charge in [0.15, 0.2) is 0 Å². The van der Waals surface area contributed by atoms with Crippen molar-refractivity contribution >= 4 is 11.8 Å². The van der Waals surface area contributed by atoms with Crippen molar-refractivity contribution in [2.75, 3.05) is 6.54 Å². The molecule has 26 heavy (non-hydrogen) atoms. The lowest BCUT2D eigenvalue weighted by molar-refractivity contribution is -0.137. The third kappa shape index (κ3) is 6.51. The van der Waals surface area contributed by atoms with Crippen LogP contribution in [0, 0.1) is 5.92 Å². The van der Waals surface area contributed by atoms with E-state index in [2.05, 4.69) is 17.2 Å². The topological polar surface area (TPSA) is 78.4 Å². The van der Waals surface area contributed by atoms with E-state index >= 15 is 0 Å². The van der Waals surface area contributed by atoms with E-state index in [1.165, 1.54) is 12.1 Å². The number of hydrogen-bond acceptors (Lipinski definition) is 3. The van der Waals surface area contributed by atoms with Gasteiger partial charge in [0.1, 0.15) is 0 Å². The summed E-state index contributed by atoms with van der Waals surface area (Å²) >= 11 is 0. The SMILES string of the molecule is C=CC(=O)NCCC(=O)NC(C(C)C)C(O)c1cccc(C(F)(F)F)c1. The van der Waals surface area contributed by atoms with Crippen LogP contribution in [0.15, 0.2) is 36.9 Å². The van der Waals surface area contributed by atoms with E-state index in [0.717, 1.165) is 18.2 Å². The minimum atomic E-state index is -4.52. The zero-order valence-corrected chi connectivity index (χ0v) is 14.6. The Morgan fingerprint density at radius 3 is 2.50 bits per heavy atom. The van der Waals surface area contributed by atoms with Crippen LogP contribution in [0.5, 0.6) is 0 Å². The molecule has 0 fully saturated rings. The summed E-state index contributed by atoms with van der Waals surface area (Å²) in [4.78, 5) is 23.0. The number of alkyl halides is 3. The number of benzene rings is 1. The molecule has 8 heteroatoms. The molecule has 0 radical (unpaired) electrons. The molecule has 0 bridgehead atoms. The molecule has 2 unspecified atom stereocenters. The Morgan fingerprint density at radius 1 is 1.31 bits per heavy atom. The number of hydrogen-bond donors (Lipinski definition) is 3. The van der Waals surface area contributed by atoms with Gasteiger partial charge in [-0.2, -0.15) is 13.2 Å². The Morgan fingerprint density at radius 2 is 1.96 bits per heavy atom. The fraction of sp³-hybridized carbons (Fsp3) is 0.444. The summed E-state index contributed by atoms with van der Waals surface area (Å²) in [6.07, 6.45) is -4.77. The third-order valence-electron chi connectivity index (χ3n) is 3.78. The van der Waals surface area contributed by atoms with Crippen molar-refractivity contribution in [3.8, 4) is 0 Å². The van der Waals surface area contributed by atoms with Crippen molar-refractivity contribution in [1.82, 2.24) is 10.6 Å². The molecule has 3 N–H and O–H groups in total. The van der Waals surface area contributed by atoms with Gasteiger partial charge in [-0.25, -0.2) is 0 Å². The molecule has 0 saturated heterocycles. The predicted molar refractivity (Wildman–Crippen MR) is 91.0 cm³/mol. The summed E-state index contributed by atoms with van der Waals surface area (Å²) in [5, 5.41) is 15.5. The largest absolute Gasteiger partial charge is 0.416 e. The number of nitrogens with one attached hydrogen (secondary N) is 2. The number of amides is 2. The molecule has 0 spiro atoms. The van der Waals surface area contributed by atoms with E-state index in [-0.39, 0.29) is 24.4 Å². The van der Waals surface area contributed by atoms with Crippen LogP contribution in [0.4, 0.5) is 13.2 Å². The smallest absolute Gasteiger partial charge is 0.386 e. The first-order chi connectivity index (χ1) is 12.1. The van der Waals surface area contributed by atoms with Gasteiger partial charge in [-0.1, -0.05) is 32.6 Å². The van der Waals surface area contributed by atoms with Gasteiger partial charge in [-0.15, -0.1) is 0 Å². The van der Waals surface area contributed by atoms with Crippen LogP contribution in [-0.2, 0) is 15.8 Å². The molecule has 0 aromatic heterocycles. The fourth-order valence-electron chi connectivity index (χ4n) is 2.35. The fourth-order valence-corrected chi connectivity index (χ4v) is 2.35. The van der Waals surface area contributed by atoms with Crippen LogP contribution in [0.25, 0.3) is 0 Å². The number of rotatable bonds is 8. The second kappa shape index (κ2) is 9.38. The molecule has 5 nitrogen and oxygen atoms in total. The van der Waals surface area contributed by atoms with Crippen molar-refractivity contribution in [3.05, 3.63) is 48.0 Å². The van der Waals surface area contributed by atoms with Crippen molar-refractivity contribution in [2.24, 2.45) is 5.92 Å². The van der Waals surface area contributed by atoms with Crippen molar-refractivity contribution < 1.29 is 27.9 Å². The molecule has 0 aliphatic carbocycles. The van der Waals surface area contributed by atoms with Crippen LogP contribution in [0.2, 0.25) is 0 Å². The molecule has 0 aliphatic heterocycles. The van der Waals surface area contributed by atoms with Gasteiger partial charge in [0.25, 0.3) is 0 Å². The lowest BCUT2D eigenvalue weighted by Crippen LogP contribution is -2.43. The van der Waals surface area contributed by atoms with Crippen LogP contribution in [-0.4, -0.2) is 29.5 Å². The van der Waals surface area contributed by atoms with Crippen molar-refractivity contribution in [1.29, 1.82) is 0 Å². The van der Waals surface area contributed by atoms with Gasteiger partial charge in [0, 0.05) is 13.0 Å². The van der Waals surface area contributed by atoms with Crippen molar-refractivity contribution in [3.63, 3.8) is 0 Å². The van der Waals surface area contributed by atoms with Gasteiger partial charge in [0.05, 0.1) is 17.7 Å². The summed E-state index contributed by atoms with van der Waals surface area (Å²) in [5.74, 6) is -1.08. The average molecular weight is 372 g/mol. The molecular weight excluding hydrogens is 349 g/mol. The van der Waals surface area contributed by atoms with Gasteiger partial charge >= 0.3 is 6.18 Å². The predicted octanol–water partition coefficient (Wildman–Crippen LogP) is 2.57. The maximum atomic E-state index is 12.8. The summed E-state index contributed by atoms with van der Waals surface area (Å²) in [7, 11) is 0. The van der Waals surface area contributed by atoms with E-state index < -0.39 is 35.7 Å². The van der Waals surface area contributed by atoms with Crippen LogP contribution in [0.1, 0.15) is 37.5 Å². The number of aliphatic hydroxyl groups excluding tert-OH is 1. The van der Waals surface area contributed by atoms with E-state index in [4.69, 9.17) is 0 Å². The van der Waals surface area contributed by atoms with E-state index in [1.54, 1.807) is 13.8 Å². The molecule has 0 aliphatic rings. The maximum absolute atomic E-state index is 12.8. The molecule has 0 saturated carbocycles. The number of carbonyl (C=O) groups is 2. The molecule has 144 valence electrons. The highest BCUT2D eigenvalue weighted by Crippen LogP contribution is 2.32. The molecule has 1 rings (SSSR count). The summed E-state index contributed by atoms with van der Waals surface area (Å²) in [5.41, 5.74) is -0.797. The number of carbonyl (C=O) groups excluding carboxylic acids is 2. The minimum Gasteiger partial charge on any atom is -0.386 e. The standard InChI is InChI=1S/C18H23F3N2O3/c1-4-14(24)22-9-8-15(25)23-16(11(2)3)17(26)12-6-5-7-13(10-12)18(19,20)21/h4-7,10-11,16-17,26H,1,8-9H2,2-3H3,(H,22,24)(H,23,25). The first kappa shape index (κ1) is 21.7. The monoisotopic (exact) mass is 372 g/mol. The van der Waals surface area contributed by atoms with Gasteiger partial charge in [-0.05, 0) is 29.7 Å². The van der Waals surface area contributed by atoms with Crippen LogP contribution < -0.4 is 10.6 Å². The van der Waals surface area contributed by atoms with Gasteiger partial charge in [0.2, 0.25) is 11.8 Å². The number of halogens is 3. The second-order valence-electron chi connectivity index (χ2n) is 6.15.